The Morgan fingerprint density at radius 2 is 1.42 bits per heavy atom. The zero-order valence-electron chi connectivity index (χ0n) is 11.2. The van der Waals surface area contributed by atoms with Crippen LogP contribution >= 0.6 is 0 Å². The van der Waals surface area contributed by atoms with Gasteiger partial charge in [-0.1, -0.05) is 13.8 Å². The molecule has 0 aliphatic carbocycles. The van der Waals surface area contributed by atoms with Gasteiger partial charge in [-0.05, 0) is 26.2 Å². The van der Waals surface area contributed by atoms with Crippen molar-refractivity contribution in [2.45, 2.75) is 52.6 Å². The summed E-state index contributed by atoms with van der Waals surface area (Å²) in [4.78, 5) is 22.8. The van der Waals surface area contributed by atoms with Gasteiger partial charge in [-0.3, -0.25) is 9.59 Å². The molecule has 0 aliphatic rings. The summed E-state index contributed by atoms with van der Waals surface area (Å²) in [5, 5.41) is 18.5. The van der Waals surface area contributed by atoms with E-state index in [-0.39, 0.29) is 12.8 Å². The highest BCUT2D eigenvalue weighted by Gasteiger charge is 2.57. The molecule has 0 fully saturated rings. The molecule has 2 N–H and O–H groups in total. The Balaban J connectivity index is 5.64. The number of rotatable bonds is 7. The van der Waals surface area contributed by atoms with Crippen LogP contribution in [0.1, 0.15) is 46.5 Å². The van der Waals surface area contributed by atoms with Gasteiger partial charge in [0.05, 0.1) is 10.8 Å². The van der Waals surface area contributed by atoms with E-state index in [0.717, 1.165) is 0 Å². The first-order valence-corrected chi connectivity index (χ1v) is 6.00. The summed E-state index contributed by atoms with van der Waals surface area (Å²) in [7, 11) is 0. The van der Waals surface area contributed by atoms with E-state index in [9.17, 15) is 33.0 Å². The average Bonchev–Trinajstić information content (AvgIpc) is 2.27. The Morgan fingerprint density at radius 1 is 0.947 bits per heavy atom. The molecule has 0 saturated heterocycles. The Kier molecular flexibility index (Phi) is 5.41. The first-order chi connectivity index (χ1) is 8.47. The van der Waals surface area contributed by atoms with E-state index in [4.69, 9.17) is 0 Å². The van der Waals surface area contributed by atoms with Gasteiger partial charge in [0.1, 0.15) is 0 Å². The summed E-state index contributed by atoms with van der Waals surface area (Å²) < 4.78 is 37.0. The van der Waals surface area contributed by atoms with Crippen molar-refractivity contribution in [1.82, 2.24) is 0 Å². The quantitative estimate of drug-likeness (QED) is 0.752. The molecule has 2 atom stereocenters. The van der Waals surface area contributed by atoms with Crippen LogP contribution in [0.2, 0.25) is 0 Å². The van der Waals surface area contributed by atoms with Crippen molar-refractivity contribution < 1.29 is 33.0 Å². The van der Waals surface area contributed by atoms with Crippen molar-refractivity contribution in [3.8, 4) is 0 Å². The predicted octanol–water partition coefficient (Wildman–Crippen LogP) is 3.31. The number of alkyl halides is 3. The number of hydrogen-bond acceptors (Lipinski definition) is 2. The van der Waals surface area contributed by atoms with Crippen molar-refractivity contribution in [1.29, 1.82) is 0 Å². The molecule has 0 aromatic heterocycles. The van der Waals surface area contributed by atoms with Gasteiger partial charge >= 0.3 is 18.1 Å². The zero-order chi connectivity index (χ0) is 15.5. The van der Waals surface area contributed by atoms with Gasteiger partial charge in [0.15, 0.2) is 0 Å². The molecule has 0 spiro atoms. The molecule has 0 bridgehead atoms. The van der Waals surface area contributed by atoms with Crippen LogP contribution < -0.4 is 0 Å². The van der Waals surface area contributed by atoms with E-state index in [1.54, 1.807) is 0 Å². The number of halogens is 3. The Labute approximate surface area is 109 Å². The second kappa shape index (κ2) is 5.79. The maximum atomic E-state index is 12.3. The highest BCUT2D eigenvalue weighted by Crippen LogP contribution is 2.50. The molecule has 4 nitrogen and oxygen atoms in total. The summed E-state index contributed by atoms with van der Waals surface area (Å²) in [5.41, 5.74) is -3.66. The molecule has 0 aliphatic heterocycles. The van der Waals surface area contributed by atoms with E-state index >= 15 is 0 Å². The molecule has 0 aromatic carbocycles. The minimum absolute atomic E-state index is 0.0552. The smallest absolute Gasteiger partial charge is 0.389 e. The van der Waals surface area contributed by atoms with Crippen LogP contribution in [0.4, 0.5) is 13.2 Å². The fourth-order valence-corrected chi connectivity index (χ4v) is 2.39. The first kappa shape index (κ1) is 17.7. The molecule has 7 heteroatoms. The lowest BCUT2D eigenvalue weighted by molar-refractivity contribution is -0.182. The van der Waals surface area contributed by atoms with Crippen LogP contribution in [-0.4, -0.2) is 28.3 Å². The lowest BCUT2D eigenvalue weighted by atomic mass is 9.59. The number of carboxylic acid groups (broad SMARTS) is 2. The molecule has 2 unspecified atom stereocenters. The van der Waals surface area contributed by atoms with Gasteiger partial charge in [-0.2, -0.15) is 13.2 Å². The lowest BCUT2D eigenvalue weighted by Gasteiger charge is -2.42. The van der Waals surface area contributed by atoms with Crippen molar-refractivity contribution >= 4 is 11.9 Å². The van der Waals surface area contributed by atoms with Gasteiger partial charge in [0.25, 0.3) is 0 Å². The van der Waals surface area contributed by atoms with Crippen LogP contribution in [0.25, 0.3) is 0 Å². The zero-order valence-corrected chi connectivity index (χ0v) is 11.2. The molecule has 0 heterocycles. The molecule has 112 valence electrons. The third-order valence-electron chi connectivity index (χ3n) is 4.08. The highest BCUT2D eigenvalue weighted by atomic mass is 19.4. The van der Waals surface area contributed by atoms with Crippen molar-refractivity contribution in [3.05, 3.63) is 0 Å². The molecule has 0 radical (unpaired) electrons. The molecule has 0 aromatic rings. The van der Waals surface area contributed by atoms with E-state index in [1.165, 1.54) is 20.8 Å². The molecule has 19 heavy (non-hydrogen) atoms. The van der Waals surface area contributed by atoms with Crippen molar-refractivity contribution in [3.63, 3.8) is 0 Å². The number of aliphatic carboxylic acids is 2. The average molecular weight is 284 g/mol. The van der Waals surface area contributed by atoms with Crippen LogP contribution in [0, 0.1) is 10.8 Å². The fourth-order valence-electron chi connectivity index (χ4n) is 2.39. The van der Waals surface area contributed by atoms with Crippen LogP contribution in [0.15, 0.2) is 0 Å². The van der Waals surface area contributed by atoms with Crippen molar-refractivity contribution in [2.75, 3.05) is 0 Å². The number of carbonyl (C=O) groups is 2. The van der Waals surface area contributed by atoms with E-state index in [2.05, 4.69) is 0 Å². The second-order valence-electron chi connectivity index (χ2n) is 4.85. The SMILES string of the molecule is CCC(C)(C(=O)O)C(CC)(CCC(F)(F)F)C(=O)O. The molecule has 0 amide bonds. The van der Waals surface area contributed by atoms with Crippen LogP contribution in [-0.2, 0) is 9.59 Å². The van der Waals surface area contributed by atoms with Gasteiger partial charge < -0.3 is 10.2 Å². The molecular formula is C12H19F3O4. The topological polar surface area (TPSA) is 74.6 Å². The highest BCUT2D eigenvalue weighted by molar-refractivity contribution is 5.86. The van der Waals surface area contributed by atoms with Gasteiger partial charge in [-0.25, -0.2) is 0 Å². The van der Waals surface area contributed by atoms with Crippen LogP contribution in [0.5, 0.6) is 0 Å². The maximum absolute atomic E-state index is 12.3. The predicted molar refractivity (Wildman–Crippen MR) is 61.7 cm³/mol. The van der Waals surface area contributed by atoms with Gasteiger partial charge in [0, 0.05) is 6.42 Å². The van der Waals surface area contributed by atoms with Gasteiger partial charge in [0.2, 0.25) is 0 Å². The third-order valence-corrected chi connectivity index (χ3v) is 4.08. The Hall–Kier alpha value is -1.27. The number of carboxylic acids is 2. The summed E-state index contributed by atoms with van der Waals surface area (Å²) in [6.07, 6.45) is -6.78. The normalized spacial score (nSPS) is 18.4. The minimum atomic E-state index is -4.51. The summed E-state index contributed by atoms with van der Waals surface area (Å²) in [6, 6.07) is 0. The van der Waals surface area contributed by atoms with E-state index < -0.39 is 41.8 Å². The lowest BCUT2D eigenvalue weighted by Crippen LogP contribution is -2.50. The Morgan fingerprint density at radius 3 is 1.63 bits per heavy atom. The van der Waals surface area contributed by atoms with Crippen molar-refractivity contribution in [2.24, 2.45) is 10.8 Å². The summed E-state index contributed by atoms with van der Waals surface area (Å²) >= 11 is 0. The molecule has 0 saturated carbocycles. The third kappa shape index (κ3) is 3.39. The summed E-state index contributed by atoms with van der Waals surface area (Å²) in [6.45, 7) is 4.07. The standard InChI is InChI=1S/C12H19F3O4/c1-4-10(3,8(16)17)11(5-2,9(18)19)6-7-12(13,14)15/h4-7H2,1-3H3,(H,16,17)(H,18,19). The van der Waals surface area contributed by atoms with E-state index in [0.29, 0.717) is 0 Å². The minimum Gasteiger partial charge on any atom is -0.481 e. The Bertz CT molecular complexity index is 353. The molecular weight excluding hydrogens is 265 g/mol. The second-order valence-corrected chi connectivity index (χ2v) is 4.85. The number of hydrogen-bond donors (Lipinski definition) is 2. The first-order valence-electron chi connectivity index (χ1n) is 6.00. The maximum Gasteiger partial charge on any atom is 0.389 e. The largest absolute Gasteiger partial charge is 0.481 e. The monoisotopic (exact) mass is 284 g/mol. The van der Waals surface area contributed by atoms with Gasteiger partial charge in [-0.15, -0.1) is 0 Å². The summed E-state index contributed by atoms with van der Waals surface area (Å²) in [5.74, 6) is -2.88. The van der Waals surface area contributed by atoms with E-state index in [1.807, 2.05) is 0 Å². The van der Waals surface area contributed by atoms with Crippen LogP contribution in [0.3, 0.4) is 0 Å². The molecule has 0 rings (SSSR count). The fraction of sp³-hybridized carbons (Fsp3) is 0.833.